The summed E-state index contributed by atoms with van der Waals surface area (Å²) in [7, 11) is -2.22. The van der Waals surface area contributed by atoms with Crippen LogP contribution in [0.2, 0.25) is 16.6 Å². The summed E-state index contributed by atoms with van der Waals surface area (Å²) in [5.41, 5.74) is 25.0. The molecule has 2 N–H and O–H groups in total. The van der Waals surface area contributed by atoms with Crippen molar-refractivity contribution in [2.24, 2.45) is 0 Å². The van der Waals surface area contributed by atoms with E-state index in [1.54, 1.807) is 6.92 Å². The first-order valence-electron chi connectivity index (χ1n) is 30.0. The summed E-state index contributed by atoms with van der Waals surface area (Å²) in [4.78, 5) is 33.6. The van der Waals surface area contributed by atoms with Gasteiger partial charge < -0.3 is 19.6 Å². The van der Waals surface area contributed by atoms with Gasteiger partial charge in [0.05, 0.1) is 51.5 Å². The molecule has 5 heterocycles. The minimum atomic E-state index is -2.22. The van der Waals surface area contributed by atoms with E-state index in [1.807, 2.05) is 0 Å². The van der Waals surface area contributed by atoms with Crippen molar-refractivity contribution in [3.05, 3.63) is 159 Å². The van der Waals surface area contributed by atoms with Crippen molar-refractivity contribution in [1.82, 2.24) is 19.9 Å². The largest absolute Gasteiger partial charge is 0.460 e. The van der Waals surface area contributed by atoms with Crippen LogP contribution in [-0.2, 0) is 31.2 Å². The minimum absolute atomic E-state index is 0.121. The predicted molar refractivity (Wildman–Crippen MR) is 359 cm³/mol. The SMILES string of the molecule is C=C(C)C(=O)OCCN(CC)c1ccc(C#Cc2c3ccc([nH]3)c(-c3cc(C(C)(C)C)cc(C(C)(C)C)c3)c3nc(c(C#C[Si](C(C)C)(C(C)C)C(C)C)c4nc(c(-c5cc(C(C)(C)C)cc(C(C)(C)C)c5)c5ccc2[nH]5)C=C4)C=C3)cc1. The molecule has 2 aliphatic heterocycles. The van der Waals surface area contributed by atoms with Crippen LogP contribution in [-0.4, -0.2) is 53.7 Å². The maximum absolute atomic E-state index is 12.2. The molecule has 0 radical (unpaired) electrons. The number of carbonyl (C=O) groups is 1. The highest BCUT2D eigenvalue weighted by Gasteiger charge is 2.42. The molecule has 2 aliphatic rings. The number of benzene rings is 3. The molecular formula is C75H91N5O2Si. The Morgan fingerprint density at radius 1 is 0.554 bits per heavy atom. The molecule has 3 aromatic carbocycles. The number of likely N-dealkylation sites (N-methyl/N-ethyl adjacent to an activating group) is 1. The van der Waals surface area contributed by atoms with Crippen LogP contribution >= 0.6 is 0 Å². The zero-order chi connectivity index (χ0) is 60.7. The lowest BCUT2D eigenvalue weighted by atomic mass is 9.78. The number of anilines is 1. The first kappa shape index (κ1) is 61.7. The van der Waals surface area contributed by atoms with Gasteiger partial charge in [-0.1, -0.05) is 185 Å². The Balaban J connectivity index is 1.51. The molecular weight excluding hydrogens is 1030 g/mol. The van der Waals surface area contributed by atoms with E-state index < -0.39 is 8.07 Å². The van der Waals surface area contributed by atoms with Crippen LogP contribution in [0.1, 0.15) is 200 Å². The van der Waals surface area contributed by atoms with Crippen LogP contribution in [0, 0.1) is 23.3 Å². The van der Waals surface area contributed by atoms with E-state index >= 15 is 0 Å². The fourth-order valence-electron chi connectivity index (χ4n) is 11.7. The lowest BCUT2D eigenvalue weighted by Crippen LogP contribution is -2.43. The molecule has 6 aromatic rings. The third-order valence-electron chi connectivity index (χ3n) is 16.8. The molecule has 3 aromatic heterocycles. The number of fused-ring (bicyclic) bond motifs is 8. The molecule has 83 heavy (non-hydrogen) atoms. The fourth-order valence-corrected chi connectivity index (χ4v) is 16.9. The Kier molecular flexibility index (Phi) is 17.6. The number of H-pyrrole nitrogens is 2. The average Bonchev–Trinajstić information content (AvgIpc) is 4.47. The van der Waals surface area contributed by atoms with Gasteiger partial charge in [-0.2, -0.15) is 0 Å². The lowest BCUT2D eigenvalue weighted by Gasteiger charge is -2.38. The number of hydrogen-bond donors (Lipinski definition) is 2. The van der Waals surface area contributed by atoms with Crippen LogP contribution in [0.15, 0.2) is 97.1 Å². The van der Waals surface area contributed by atoms with Gasteiger partial charge in [-0.05, 0) is 158 Å². The zero-order valence-electron chi connectivity index (χ0n) is 53.6. The molecule has 0 saturated heterocycles. The van der Waals surface area contributed by atoms with Gasteiger partial charge >= 0.3 is 5.97 Å². The summed E-state index contributed by atoms with van der Waals surface area (Å²) >= 11 is 0. The molecule has 7 nitrogen and oxygen atoms in total. The molecule has 0 amide bonds. The van der Waals surface area contributed by atoms with Crippen molar-refractivity contribution in [2.75, 3.05) is 24.6 Å². The van der Waals surface area contributed by atoms with Gasteiger partial charge in [0.15, 0.2) is 0 Å². The van der Waals surface area contributed by atoms with Gasteiger partial charge in [-0.15, -0.1) is 5.54 Å². The van der Waals surface area contributed by atoms with Crippen LogP contribution in [0.5, 0.6) is 0 Å². The smallest absolute Gasteiger partial charge is 0.333 e. The summed E-state index contributed by atoms with van der Waals surface area (Å²) in [5, 5.41) is 0. The van der Waals surface area contributed by atoms with E-state index in [0.717, 1.165) is 96.0 Å². The van der Waals surface area contributed by atoms with E-state index in [1.165, 1.54) is 22.3 Å². The second kappa shape index (κ2) is 23.7. The Bertz CT molecular complexity index is 3580. The van der Waals surface area contributed by atoms with E-state index in [4.69, 9.17) is 14.7 Å². The van der Waals surface area contributed by atoms with Gasteiger partial charge in [0.1, 0.15) is 14.7 Å². The highest BCUT2D eigenvalue weighted by atomic mass is 28.3. The van der Waals surface area contributed by atoms with Crippen molar-refractivity contribution < 1.29 is 9.53 Å². The monoisotopic (exact) mass is 1120 g/mol. The average molecular weight is 1120 g/mol. The molecule has 0 spiro atoms. The van der Waals surface area contributed by atoms with Gasteiger partial charge in [0.2, 0.25) is 0 Å². The zero-order valence-corrected chi connectivity index (χ0v) is 54.6. The third kappa shape index (κ3) is 13.4. The molecule has 8 heteroatoms. The maximum Gasteiger partial charge on any atom is 0.333 e. The van der Waals surface area contributed by atoms with Crippen LogP contribution in [0.4, 0.5) is 5.69 Å². The maximum atomic E-state index is 12.2. The van der Waals surface area contributed by atoms with Crippen LogP contribution in [0.3, 0.4) is 0 Å². The molecule has 432 valence electrons. The fraction of sp³-hybridized carbons (Fsp3) is 0.400. The number of hydrogen-bond acceptors (Lipinski definition) is 5. The molecule has 8 bridgehead atoms. The number of aromatic nitrogens is 4. The molecule has 0 unspecified atom stereocenters. The lowest BCUT2D eigenvalue weighted by molar-refractivity contribution is -0.138. The summed E-state index contributed by atoms with van der Waals surface area (Å²) in [6, 6.07) is 31.2. The Labute approximate surface area is 498 Å². The van der Waals surface area contributed by atoms with Crippen molar-refractivity contribution in [2.45, 2.75) is 177 Å². The summed E-state index contributed by atoms with van der Waals surface area (Å²) < 4.78 is 5.45. The van der Waals surface area contributed by atoms with Crippen molar-refractivity contribution in [3.63, 3.8) is 0 Å². The van der Waals surface area contributed by atoms with E-state index in [0.29, 0.717) is 28.7 Å². The van der Waals surface area contributed by atoms with Gasteiger partial charge in [-0.25, -0.2) is 14.8 Å². The minimum Gasteiger partial charge on any atom is -0.460 e. The number of carbonyl (C=O) groups excluding carboxylic acids is 1. The topological polar surface area (TPSA) is 86.9 Å². The second-order valence-electron chi connectivity index (χ2n) is 28.0. The van der Waals surface area contributed by atoms with Crippen molar-refractivity contribution >= 4 is 66.1 Å². The van der Waals surface area contributed by atoms with Crippen LogP contribution < -0.4 is 4.90 Å². The number of ether oxygens (including phenoxy) is 1. The van der Waals surface area contributed by atoms with E-state index in [-0.39, 0.29) is 34.2 Å². The van der Waals surface area contributed by atoms with Gasteiger partial charge in [0.25, 0.3) is 0 Å². The Morgan fingerprint density at radius 2 is 0.952 bits per heavy atom. The number of rotatable bonds is 11. The van der Waals surface area contributed by atoms with E-state index in [2.05, 4.69) is 286 Å². The molecule has 0 aliphatic carbocycles. The predicted octanol–water partition coefficient (Wildman–Crippen LogP) is 19.1. The highest BCUT2D eigenvalue weighted by Crippen LogP contribution is 2.43. The summed E-state index contributed by atoms with van der Waals surface area (Å²) in [6.45, 7) is 50.8. The number of nitrogens with one attached hydrogen (secondary N) is 2. The highest BCUT2D eigenvalue weighted by molar-refractivity contribution is 6.90. The van der Waals surface area contributed by atoms with Crippen LogP contribution in [0.25, 0.3) is 68.6 Å². The standard InChI is InChI=1S/C75H91N5O2Si/c1-22-80(38-39-82-71(81)47(2)3)58-26-23-51(24-27-58)25-28-59-61-29-33-65(76-61)69(52-41-54(72(10,11)12)45-55(42-52)73(13,14)15)67-35-31-63(78-67)60(37-40-83(48(4)5,49(6)7)50(8)9)64-32-36-68(79-64)70(66-34-30-62(59)77-66)53-43-56(74(16,17)18)46-57(44-53)75(19,20)21/h23-24,26-27,29-36,41-46,48-50,76-77H,2,22,38-39H2,1,3-21H3. The quantitative estimate of drug-likeness (QED) is 0.0583. The molecule has 0 saturated carbocycles. The first-order valence-corrected chi connectivity index (χ1v) is 32.2. The first-order chi connectivity index (χ1) is 38.8. The Hall–Kier alpha value is -7.39. The van der Waals surface area contributed by atoms with Gasteiger partial charge in [0, 0.05) is 45.5 Å². The Morgan fingerprint density at radius 3 is 1.33 bits per heavy atom. The summed E-state index contributed by atoms with van der Waals surface area (Å²) in [6.07, 6.45) is 8.67. The number of nitrogens with zero attached hydrogens (tertiary/aromatic N) is 3. The molecule has 0 atom stereocenters. The number of aromatic amines is 2. The van der Waals surface area contributed by atoms with Gasteiger partial charge in [-0.3, -0.25) is 0 Å². The molecule has 8 rings (SSSR count). The second-order valence-corrected chi connectivity index (χ2v) is 33.6. The molecule has 0 fully saturated rings. The van der Waals surface area contributed by atoms with Crippen molar-refractivity contribution in [3.8, 4) is 45.6 Å². The normalized spacial score (nSPS) is 12.9. The number of esters is 1. The van der Waals surface area contributed by atoms with E-state index in [9.17, 15) is 4.79 Å². The van der Waals surface area contributed by atoms with Crippen molar-refractivity contribution in [1.29, 1.82) is 0 Å². The summed E-state index contributed by atoms with van der Waals surface area (Å²) in [5.74, 6) is 10.8. The third-order valence-corrected chi connectivity index (χ3v) is 23.1.